The molecule has 0 radical (unpaired) electrons. The zero-order valence-corrected chi connectivity index (χ0v) is 11.2. The van der Waals surface area contributed by atoms with Crippen LogP contribution in [0.15, 0.2) is 36.0 Å². The number of hydrogen-bond donors (Lipinski definition) is 1. The number of nitrogen functional groups attached to an aromatic ring is 1. The molecule has 4 rings (SSSR count). The predicted molar refractivity (Wildman–Crippen MR) is 78.7 cm³/mol. The van der Waals surface area contributed by atoms with E-state index in [1.807, 2.05) is 18.3 Å². The minimum absolute atomic E-state index is 0.852. The van der Waals surface area contributed by atoms with Gasteiger partial charge in [-0.25, -0.2) is 4.98 Å². The van der Waals surface area contributed by atoms with Crippen LogP contribution in [0.4, 0.5) is 11.4 Å². The summed E-state index contributed by atoms with van der Waals surface area (Å²) in [6, 6.07) is 6.16. The first-order valence-electron chi connectivity index (χ1n) is 6.34. The molecule has 0 bridgehead atoms. The fourth-order valence-electron chi connectivity index (χ4n) is 2.74. The monoisotopic (exact) mass is 270 g/mol. The van der Waals surface area contributed by atoms with Crippen molar-refractivity contribution < 1.29 is 0 Å². The number of nitrogens with two attached hydrogens (primary N) is 1. The molecule has 4 nitrogen and oxygen atoms in total. The highest BCUT2D eigenvalue weighted by Crippen LogP contribution is 2.33. The van der Waals surface area contributed by atoms with E-state index in [0.717, 1.165) is 35.9 Å². The molecule has 3 heterocycles. The number of anilines is 2. The number of aromatic nitrogens is 2. The zero-order valence-electron chi connectivity index (χ0n) is 10.4. The summed E-state index contributed by atoms with van der Waals surface area (Å²) in [4.78, 5) is 8.06. The van der Waals surface area contributed by atoms with Crippen LogP contribution in [0.3, 0.4) is 0 Å². The van der Waals surface area contributed by atoms with Gasteiger partial charge in [-0.3, -0.25) is 4.40 Å². The smallest absolute Gasteiger partial charge is 0.193 e. The van der Waals surface area contributed by atoms with E-state index < -0.39 is 0 Å². The zero-order chi connectivity index (χ0) is 12.8. The summed E-state index contributed by atoms with van der Waals surface area (Å²) >= 11 is 1.67. The Labute approximate surface area is 115 Å². The van der Waals surface area contributed by atoms with E-state index in [0.29, 0.717) is 0 Å². The van der Waals surface area contributed by atoms with E-state index in [2.05, 4.69) is 31.9 Å². The molecule has 0 fully saturated rings. The van der Waals surface area contributed by atoms with E-state index in [1.54, 1.807) is 11.3 Å². The normalized spacial score (nSPS) is 14.2. The molecular weight excluding hydrogens is 256 g/mol. The summed E-state index contributed by atoms with van der Waals surface area (Å²) in [6.07, 6.45) is 5.19. The lowest BCUT2D eigenvalue weighted by atomic mass is 10.1. The highest BCUT2D eigenvalue weighted by Gasteiger charge is 2.21. The lowest BCUT2D eigenvalue weighted by molar-refractivity contribution is 0.820. The van der Waals surface area contributed by atoms with Crippen LogP contribution >= 0.6 is 11.3 Å². The van der Waals surface area contributed by atoms with E-state index in [4.69, 9.17) is 5.73 Å². The first-order chi connectivity index (χ1) is 9.31. The van der Waals surface area contributed by atoms with Gasteiger partial charge in [0.2, 0.25) is 0 Å². The van der Waals surface area contributed by atoms with Crippen molar-refractivity contribution in [3.05, 3.63) is 47.2 Å². The van der Waals surface area contributed by atoms with Crippen LogP contribution in [-0.2, 0) is 13.0 Å². The Hall–Kier alpha value is -2.01. The molecule has 5 heteroatoms. The van der Waals surface area contributed by atoms with Crippen molar-refractivity contribution in [2.75, 3.05) is 17.2 Å². The average Bonchev–Trinajstić information content (AvgIpc) is 3.05. The van der Waals surface area contributed by atoms with Gasteiger partial charge in [-0.05, 0) is 18.6 Å². The van der Waals surface area contributed by atoms with Crippen molar-refractivity contribution >= 4 is 27.7 Å². The number of hydrogen-bond acceptors (Lipinski definition) is 4. The molecular formula is C14H14N4S. The molecule has 1 aromatic carbocycles. The predicted octanol–water partition coefficient (Wildman–Crippen LogP) is 2.54. The van der Waals surface area contributed by atoms with Gasteiger partial charge in [0.15, 0.2) is 4.96 Å². The van der Waals surface area contributed by atoms with Crippen molar-refractivity contribution in [1.82, 2.24) is 9.38 Å². The molecule has 1 aliphatic rings. The molecule has 96 valence electrons. The summed E-state index contributed by atoms with van der Waals surface area (Å²) in [5.41, 5.74) is 10.6. The second-order valence-electron chi connectivity index (χ2n) is 4.84. The molecule has 0 saturated heterocycles. The Morgan fingerprint density at radius 1 is 1.37 bits per heavy atom. The third-order valence-corrected chi connectivity index (χ3v) is 4.43. The number of nitrogens with zero attached hydrogens (tertiary/aromatic N) is 3. The Kier molecular flexibility index (Phi) is 2.29. The van der Waals surface area contributed by atoms with Crippen molar-refractivity contribution in [1.29, 1.82) is 0 Å². The Bertz CT molecular complexity index is 714. The molecule has 0 atom stereocenters. The van der Waals surface area contributed by atoms with Gasteiger partial charge in [0.1, 0.15) is 0 Å². The van der Waals surface area contributed by atoms with Crippen LogP contribution in [0.5, 0.6) is 0 Å². The summed E-state index contributed by atoms with van der Waals surface area (Å²) in [6.45, 7) is 1.87. The summed E-state index contributed by atoms with van der Waals surface area (Å²) in [5.74, 6) is 0. The fraction of sp³-hybridized carbons (Fsp3) is 0.214. The second-order valence-corrected chi connectivity index (χ2v) is 5.71. The highest BCUT2D eigenvalue weighted by molar-refractivity contribution is 7.15. The second kappa shape index (κ2) is 3.99. The van der Waals surface area contributed by atoms with Crippen LogP contribution in [0.1, 0.15) is 11.3 Å². The average molecular weight is 270 g/mol. The van der Waals surface area contributed by atoms with Crippen LogP contribution < -0.4 is 10.6 Å². The molecule has 0 amide bonds. The number of imidazole rings is 1. The van der Waals surface area contributed by atoms with Gasteiger partial charge in [0.05, 0.1) is 12.2 Å². The lowest BCUT2D eigenvalue weighted by Crippen LogP contribution is -2.19. The number of rotatable bonds is 2. The minimum atomic E-state index is 0.852. The van der Waals surface area contributed by atoms with Gasteiger partial charge in [0.25, 0.3) is 0 Å². The first kappa shape index (κ1) is 10.9. The Balaban J connectivity index is 1.65. The molecule has 19 heavy (non-hydrogen) atoms. The molecule has 1 aliphatic heterocycles. The molecule has 2 aromatic heterocycles. The summed E-state index contributed by atoms with van der Waals surface area (Å²) in [7, 11) is 0. The molecule has 0 spiro atoms. The number of thiazole rings is 1. The van der Waals surface area contributed by atoms with Crippen molar-refractivity contribution in [2.45, 2.75) is 13.0 Å². The Morgan fingerprint density at radius 3 is 3.21 bits per heavy atom. The molecule has 0 unspecified atom stereocenters. The topological polar surface area (TPSA) is 46.6 Å². The molecule has 3 aromatic rings. The van der Waals surface area contributed by atoms with Crippen molar-refractivity contribution in [3.63, 3.8) is 0 Å². The third-order valence-electron chi connectivity index (χ3n) is 3.66. The summed E-state index contributed by atoms with van der Waals surface area (Å²) in [5, 5.41) is 2.05. The number of fused-ring (bicyclic) bond motifs is 2. The Morgan fingerprint density at radius 2 is 2.32 bits per heavy atom. The van der Waals surface area contributed by atoms with Crippen molar-refractivity contribution in [2.24, 2.45) is 0 Å². The van der Waals surface area contributed by atoms with Gasteiger partial charge in [-0.2, -0.15) is 0 Å². The standard InChI is InChI=1S/C14H14N4S/c15-12-2-1-3-13-11(12)4-5-17(13)8-10-9-18-6-7-19-14(18)16-10/h1-3,6-7,9H,4-5,8,15H2. The van der Waals surface area contributed by atoms with Crippen LogP contribution in [0, 0.1) is 0 Å². The van der Waals surface area contributed by atoms with Gasteiger partial charge in [-0.1, -0.05) is 6.07 Å². The summed E-state index contributed by atoms with van der Waals surface area (Å²) < 4.78 is 2.08. The van der Waals surface area contributed by atoms with Crippen LogP contribution in [0.2, 0.25) is 0 Å². The maximum atomic E-state index is 6.03. The van der Waals surface area contributed by atoms with Crippen LogP contribution in [0.25, 0.3) is 4.96 Å². The van der Waals surface area contributed by atoms with E-state index in [-0.39, 0.29) is 0 Å². The maximum absolute atomic E-state index is 6.03. The van der Waals surface area contributed by atoms with Crippen molar-refractivity contribution in [3.8, 4) is 0 Å². The molecule has 2 N–H and O–H groups in total. The fourth-order valence-corrected chi connectivity index (χ4v) is 3.46. The van der Waals surface area contributed by atoms with Gasteiger partial charge >= 0.3 is 0 Å². The quantitative estimate of drug-likeness (QED) is 0.728. The molecule has 0 saturated carbocycles. The largest absolute Gasteiger partial charge is 0.398 e. The van der Waals surface area contributed by atoms with Crippen LogP contribution in [-0.4, -0.2) is 15.9 Å². The SMILES string of the molecule is Nc1cccc2c1CCN2Cc1cn2ccsc2n1. The van der Waals surface area contributed by atoms with E-state index in [1.165, 1.54) is 11.3 Å². The molecule has 0 aliphatic carbocycles. The van der Waals surface area contributed by atoms with E-state index in [9.17, 15) is 0 Å². The first-order valence-corrected chi connectivity index (χ1v) is 7.22. The van der Waals surface area contributed by atoms with E-state index >= 15 is 0 Å². The highest BCUT2D eigenvalue weighted by atomic mass is 32.1. The van der Waals surface area contributed by atoms with Gasteiger partial charge in [-0.15, -0.1) is 11.3 Å². The van der Waals surface area contributed by atoms with Gasteiger partial charge in [0, 0.05) is 41.3 Å². The minimum Gasteiger partial charge on any atom is -0.398 e. The maximum Gasteiger partial charge on any atom is 0.193 e. The lowest BCUT2D eigenvalue weighted by Gasteiger charge is -2.18. The third kappa shape index (κ3) is 1.69. The number of benzene rings is 1. The van der Waals surface area contributed by atoms with Gasteiger partial charge < -0.3 is 10.6 Å².